The van der Waals surface area contributed by atoms with Gasteiger partial charge in [-0.1, -0.05) is 6.92 Å². The molecule has 0 spiro atoms. The number of methoxy groups -OCH3 is 1. The van der Waals surface area contributed by atoms with Gasteiger partial charge in [0, 0.05) is 12.6 Å². The van der Waals surface area contributed by atoms with Gasteiger partial charge in [-0.25, -0.2) is 4.39 Å². The summed E-state index contributed by atoms with van der Waals surface area (Å²) in [4.78, 5) is 0. The van der Waals surface area contributed by atoms with Crippen molar-refractivity contribution in [1.29, 1.82) is 0 Å². The molecule has 1 aromatic carbocycles. The Morgan fingerprint density at radius 1 is 1.44 bits per heavy atom. The van der Waals surface area contributed by atoms with Gasteiger partial charge in [0.1, 0.15) is 11.6 Å². The highest BCUT2D eigenvalue weighted by Gasteiger charge is 2.02. The zero-order valence-electron chi connectivity index (χ0n) is 9.75. The van der Waals surface area contributed by atoms with Gasteiger partial charge in [0.25, 0.3) is 0 Å². The first-order valence-electron chi connectivity index (χ1n) is 5.43. The van der Waals surface area contributed by atoms with E-state index in [0.717, 1.165) is 24.5 Å². The fourth-order valence-corrected chi connectivity index (χ4v) is 1.95. The fraction of sp³-hybridized carbons (Fsp3) is 0.500. The molecular formula is C12H18FNOS. The van der Waals surface area contributed by atoms with Crippen LogP contribution in [0.2, 0.25) is 0 Å². The second-order valence-corrected chi connectivity index (χ2v) is 4.72. The lowest BCUT2D eigenvalue weighted by atomic mass is 10.3. The van der Waals surface area contributed by atoms with Gasteiger partial charge in [0.05, 0.1) is 12.8 Å². The number of hydrogen-bond donors (Lipinski definition) is 1. The van der Waals surface area contributed by atoms with Crippen molar-refractivity contribution < 1.29 is 9.13 Å². The molecule has 1 aromatic rings. The first-order valence-corrected chi connectivity index (χ1v) is 6.58. The monoisotopic (exact) mass is 243 g/mol. The Morgan fingerprint density at radius 3 is 2.94 bits per heavy atom. The Balaban J connectivity index is 2.40. The van der Waals surface area contributed by atoms with Crippen molar-refractivity contribution in [2.45, 2.75) is 13.3 Å². The number of ether oxygens (including phenoxy) is 1. The van der Waals surface area contributed by atoms with E-state index in [9.17, 15) is 4.39 Å². The highest BCUT2D eigenvalue weighted by atomic mass is 32.2. The standard InChI is InChI=1S/C12H18FNOS/c1-3-16-8-4-7-14-12-9-10(15-2)5-6-11(12)13/h5-6,9,14H,3-4,7-8H2,1-2H3. The Morgan fingerprint density at radius 2 is 2.25 bits per heavy atom. The Bertz CT molecular complexity index is 320. The van der Waals surface area contributed by atoms with E-state index >= 15 is 0 Å². The average Bonchev–Trinajstić information content (AvgIpc) is 2.31. The van der Waals surface area contributed by atoms with Gasteiger partial charge in [-0.3, -0.25) is 0 Å². The van der Waals surface area contributed by atoms with Crippen LogP contribution in [-0.2, 0) is 0 Å². The molecule has 0 fully saturated rings. The topological polar surface area (TPSA) is 21.3 Å². The molecule has 2 nitrogen and oxygen atoms in total. The summed E-state index contributed by atoms with van der Waals surface area (Å²) in [6.45, 7) is 2.93. The summed E-state index contributed by atoms with van der Waals surface area (Å²) in [6, 6.07) is 4.72. The minimum atomic E-state index is -0.232. The quantitative estimate of drug-likeness (QED) is 0.742. The van der Waals surface area contributed by atoms with E-state index in [4.69, 9.17) is 4.74 Å². The van der Waals surface area contributed by atoms with Crippen molar-refractivity contribution in [3.05, 3.63) is 24.0 Å². The van der Waals surface area contributed by atoms with Crippen molar-refractivity contribution in [3.63, 3.8) is 0 Å². The molecule has 0 aromatic heterocycles. The number of anilines is 1. The highest BCUT2D eigenvalue weighted by Crippen LogP contribution is 2.20. The highest BCUT2D eigenvalue weighted by molar-refractivity contribution is 7.99. The van der Waals surface area contributed by atoms with Gasteiger partial charge in [-0.15, -0.1) is 0 Å². The van der Waals surface area contributed by atoms with E-state index in [0.29, 0.717) is 11.4 Å². The van der Waals surface area contributed by atoms with Crippen LogP contribution < -0.4 is 10.1 Å². The number of halogens is 1. The maximum absolute atomic E-state index is 13.4. The predicted octanol–water partition coefficient (Wildman–Crippen LogP) is 3.39. The minimum absolute atomic E-state index is 0.232. The molecule has 0 saturated heterocycles. The zero-order chi connectivity index (χ0) is 11.8. The van der Waals surface area contributed by atoms with Crippen LogP contribution in [-0.4, -0.2) is 25.2 Å². The van der Waals surface area contributed by atoms with Crippen molar-refractivity contribution in [2.24, 2.45) is 0 Å². The second-order valence-electron chi connectivity index (χ2n) is 3.32. The molecule has 0 saturated carbocycles. The normalized spacial score (nSPS) is 10.2. The van der Waals surface area contributed by atoms with Crippen LogP contribution in [0.15, 0.2) is 18.2 Å². The molecule has 0 aliphatic carbocycles. The van der Waals surface area contributed by atoms with Crippen LogP contribution >= 0.6 is 11.8 Å². The van der Waals surface area contributed by atoms with Crippen molar-refractivity contribution >= 4 is 17.4 Å². The lowest BCUT2D eigenvalue weighted by Gasteiger charge is -2.08. The Kier molecular flexibility index (Phi) is 6.08. The molecule has 0 aliphatic heterocycles. The number of nitrogens with one attached hydrogen (secondary N) is 1. The van der Waals surface area contributed by atoms with Crippen LogP contribution in [0.25, 0.3) is 0 Å². The first kappa shape index (κ1) is 13.2. The van der Waals surface area contributed by atoms with Crippen LogP contribution in [0.1, 0.15) is 13.3 Å². The van der Waals surface area contributed by atoms with Gasteiger partial charge in [-0.05, 0) is 30.1 Å². The molecule has 4 heteroatoms. The smallest absolute Gasteiger partial charge is 0.146 e. The lowest BCUT2D eigenvalue weighted by molar-refractivity contribution is 0.414. The van der Waals surface area contributed by atoms with Gasteiger partial charge in [-0.2, -0.15) is 11.8 Å². The van der Waals surface area contributed by atoms with E-state index in [-0.39, 0.29) is 5.82 Å². The third-order valence-corrected chi connectivity index (χ3v) is 3.14. The van der Waals surface area contributed by atoms with Crippen LogP contribution in [0.5, 0.6) is 5.75 Å². The number of hydrogen-bond acceptors (Lipinski definition) is 3. The maximum atomic E-state index is 13.4. The van der Waals surface area contributed by atoms with Gasteiger partial charge < -0.3 is 10.1 Å². The van der Waals surface area contributed by atoms with Crippen LogP contribution in [0.3, 0.4) is 0 Å². The van der Waals surface area contributed by atoms with E-state index in [2.05, 4.69) is 12.2 Å². The van der Waals surface area contributed by atoms with E-state index in [1.165, 1.54) is 6.07 Å². The van der Waals surface area contributed by atoms with E-state index in [1.807, 2.05) is 11.8 Å². The fourth-order valence-electron chi connectivity index (χ4n) is 1.31. The molecular weight excluding hydrogens is 225 g/mol. The summed E-state index contributed by atoms with van der Waals surface area (Å²) in [5.41, 5.74) is 0.515. The summed E-state index contributed by atoms with van der Waals surface area (Å²) in [6.07, 6.45) is 1.04. The van der Waals surface area contributed by atoms with Crippen molar-refractivity contribution in [1.82, 2.24) is 0 Å². The number of thioether (sulfide) groups is 1. The predicted molar refractivity (Wildman–Crippen MR) is 69.1 cm³/mol. The third-order valence-electron chi connectivity index (χ3n) is 2.16. The molecule has 0 heterocycles. The van der Waals surface area contributed by atoms with Gasteiger partial charge >= 0.3 is 0 Å². The average molecular weight is 243 g/mol. The minimum Gasteiger partial charge on any atom is -0.497 e. The Hall–Kier alpha value is -0.900. The molecule has 0 unspecified atom stereocenters. The van der Waals surface area contributed by atoms with Crippen molar-refractivity contribution in [3.8, 4) is 5.75 Å². The van der Waals surface area contributed by atoms with Gasteiger partial charge in [0.15, 0.2) is 0 Å². The maximum Gasteiger partial charge on any atom is 0.146 e. The van der Waals surface area contributed by atoms with Gasteiger partial charge in [0.2, 0.25) is 0 Å². The van der Waals surface area contributed by atoms with Crippen molar-refractivity contribution in [2.75, 3.05) is 30.5 Å². The zero-order valence-corrected chi connectivity index (χ0v) is 10.6. The largest absolute Gasteiger partial charge is 0.497 e. The molecule has 1 N–H and O–H groups in total. The summed E-state index contributed by atoms with van der Waals surface area (Å²) < 4.78 is 18.4. The third kappa shape index (κ3) is 4.31. The number of benzene rings is 1. The summed E-state index contributed by atoms with van der Waals surface area (Å²) >= 11 is 1.90. The van der Waals surface area contributed by atoms with E-state index in [1.54, 1.807) is 19.2 Å². The summed E-state index contributed by atoms with van der Waals surface area (Å²) in [7, 11) is 1.58. The molecule has 0 aliphatic rings. The lowest BCUT2D eigenvalue weighted by Crippen LogP contribution is -2.04. The SMILES string of the molecule is CCSCCCNc1cc(OC)ccc1F. The molecule has 0 bridgehead atoms. The summed E-state index contributed by atoms with van der Waals surface area (Å²) in [5, 5.41) is 3.08. The van der Waals surface area contributed by atoms with Crippen LogP contribution in [0.4, 0.5) is 10.1 Å². The van der Waals surface area contributed by atoms with E-state index < -0.39 is 0 Å². The molecule has 0 amide bonds. The molecule has 0 radical (unpaired) electrons. The molecule has 90 valence electrons. The molecule has 0 atom stereocenters. The first-order chi connectivity index (χ1) is 7.77. The molecule has 16 heavy (non-hydrogen) atoms. The number of rotatable bonds is 7. The Labute approximate surface area is 101 Å². The molecule has 1 rings (SSSR count). The second kappa shape index (κ2) is 7.39. The summed E-state index contributed by atoms with van der Waals surface area (Å²) in [5.74, 6) is 2.68. The van der Waals surface area contributed by atoms with Crippen LogP contribution in [0, 0.1) is 5.82 Å².